The SMILES string of the molecule is CC(C)(C)C(O)=CC(=O)C1CCCC1. The Morgan fingerprint density at radius 1 is 1.29 bits per heavy atom. The molecule has 2 nitrogen and oxygen atoms in total. The standard InChI is InChI=1S/C12H20O2/c1-12(2,3)11(14)8-10(13)9-6-4-5-7-9/h8-9,14H,4-7H2,1-3H3. The average Bonchev–Trinajstić information content (AvgIpc) is 2.53. The number of aliphatic hydroxyl groups excluding tert-OH is 1. The first kappa shape index (κ1) is 11.3. The lowest BCUT2D eigenvalue weighted by molar-refractivity contribution is -0.118. The molecule has 1 N–H and O–H groups in total. The Hall–Kier alpha value is -0.790. The van der Waals surface area contributed by atoms with Crippen molar-refractivity contribution < 1.29 is 9.90 Å². The van der Waals surface area contributed by atoms with Gasteiger partial charge in [0.15, 0.2) is 5.78 Å². The molecule has 0 saturated heterocycles. The van der Waals surface area contributed by atoms with Gasteiger partial charge in [-0.2, -0.15) is 0 Å². The van der Waals surface area contributed by atoms with Crippen molar-refractivity contribution in [2.24, 2.45) is 11.3 Å². The van der Waals surface area contributed by atoms with E-state index in [9.17, 15) is 9.90 Å². The predicted octanol–water partition coefficient (Wildman–Crippen LogP) is 3.23. The molecule has 1 fully saturated rings. The molecular formula is C12H20O2. The minimum Gasteiger partial charge on any atom is -0.512 e. The van der Waals surface area contributed by atoms with Crippen LogP contribution in [0.2, 0.25) is 0 Å². The lowest BCUT2D eigenvalue weighted by atomic mass is 9.91. The van der Waals surface area contributed by atoms with Crippen molar-refractivity contribution in [2.75, 3.05) is 0 Å². The van der Waals surface area contributed by atoms with Gasteiger partial charge >= 0.3 is 0 Å². The maximum absolute atomic E-state index is 11.7. The summed E-state index contributed by atoms with van der Waals surface area (Å²) in [6.45, 7) is 5.71. The summed E-state index contributed by atoms with van der Waals surface area (Å²) in [5.74, 6) is 0.476. The van der Waals surface area contributed by atoms with Crippen LogP contribution in [0.15, 0.2) is 11.8 Å². The molecule has 0 bridgehead atoms. The van der Waals surface area contributed by atoms with Crippen molar-refractivity contribution in [1.82, 2.24) is 0 Å². The van der Waals surface area contributed by atoms with Crippen LogP contribution in [0.4, 0.5) is 0 Å². The van der Waals surface area contributed by atoms with E-state index in [1.807, 2.05) is 20.8 Å². The van der Waals surface area contributed by atoms with Gasteiger partial charge in [-0.05, 0) is 12.8 Å². The van der Waals surface area contributed by atoms with E-state index in [1.54, 1.807) is 0 Å². The molecule has 1 aliphatic carbocycles. The minimum atomic E-state index is -0.311. The predicted molar refractivity (Wildman–Crippen MR) is 57.1 cm³/mol. The van der Waals surface area contributed by atoms with Gasteiger partial charge in [0.05, 0.1) is 0 Å². The van der Waals surface area contributed by atoms with E-state index in [-0.39, 0.29) is 22.9 Å². The fourth-order valence-electron chi connectivity index (χ4n) is 1.68. The van der Waals surface area contributed by atoms with Crippen LogP contribution >= 0.6 is 0 Å². The molecule has 1 aliphatic rings. The molecule has 1 saturated carbocycles. The zero-order valence-corrected chi connectivity index (χ0v) is 9.34. The Bertz CT molecular complexity index is 240. The third-order valence-corrected chi connectivity index (χ3v) is 2.80. The largest absolute Gasteiger partial charge is 0.512 e. The Morgan fingerprint density at radius 3 is 2.21 bits per heavy atom. The first-order valence-corrected chi connectivity index (χ1v) is 5.36. The smallest absolute Gasteiger partial charge is 0.162 e. The summed E-state index contributed by atoms with van der Waals surface area (Å²) in [6, 6.07) is 0. The Labute approximate surface area is 86.0 Å². The average molecular weight is 196 g/mol. The second-order valence-corrected chi connectivity index (χ2v) is 5.16. The molecule has 0 heterocycles. The first-order chi connectivity index (χ1) is 6.41. The van der Waals surface area contributed by atoms with E-state index in [1.165, 1.54) is 6.08 Å². The molecule has 0 aromatic carbocycles. The van der Waals surface area contributed by atoms with Gasteiger partial charge in [-0.15, -0.1) is 0 Å². The molecule has 0 atom stereocenters. The van der Waals surface area contributed by atoms with Gasteiger partial charge in [-0.3, -0.25) is 4.79 Å². The van der Waals surface area contributed by atoms with Crippen molar-refractivity contribution in [3.8, 4) is 0 Å². The highest BCUT2D eigenvalue weighted by molar-refractivity contribution is 5.92. The second kappa shape index (κ2) is 4.16. The van der Waals surface area contributed by atoms with Gasteiger partial charge in [-0.1, -0.05) is 33.6 Å². The third-order valence-electron chi connectivity index (χ3n) is 2.80. The summed E-state index contributed by atoms with van der Waals surface area (Å²) >= 11 is 0. The molecule has 80 valence electrons. The fourth-order valence-corrected chi connectivity index (χ4v) is 1.68. The highest BCUT2D eigenvalue weighted by Crippen LogP contribution is 2.28. The Morgan fingerprint density at radius 2 is 1.79 bits per heavy atom. The van der Waals surface area contributed by atoms with Crippen LogP contribution in [0.1, 0.15) is 46.5 Å². The summed E-state index contributed by atoms with van der Waals surface area (Å²) < 4.78 is 0. The molecule has 1 rings (SSSR count). The van der Waals surface area contributed by atoms with Crippen molar-refractivity contribution in [1.29, 1.82) is 0 Å². The van der Waals surface area contributed by atoms with Gasteiger partial charge < -0.3 is 5.11 Å². The van der Waals surface area contributed by atoms with E-state index >= 15 is 0 Å². The molecule has 14 heavy (non-hydrogen) atoms. The van der Waals surface area contributed by atoms with Crippen LogP contribution in [0.25, 0.3) is 0 Å². The van der Waals surface area contributed by atoms with Crippen LogP contribution in [-0.2, 0) is 4.79 Å². The van der Waals surface area contributed by atoms with Crippen LogP contribution < -0.4 is 0 Å². The van der Waals surface area contributed by atoms with Crippen molar-refractivity contribution in [3.63, 3.8) is 0 Å². The van der Waals surface area contributed by atoms with Gasteiger partial charge in [0.25, 0.3) is 0 Å². The van der Waals surface area contributed by atoms with Gasteiger partial charge in [0.1, 0.15) is 5.76 Å². The van der Waals surface area contributed by atoms with E-state index < -0.39 is 0 Å². The molecular weight excluding hydrogens is 176 g/mol. The topological polar surface area (TPSA) is 37.3 Å². The molecule has 0 aromatic heterocycles. The molecule has 2 heteroatoms. The maximum atomic E-state index is 11.7. The van der Waals surface area contributed by atoms with E-state index in [0.29, 0.717) is 0 Å². The summed E-state index contributed by atoms with van der Waals surface area (Å²) in [6.07, 6.45) is 5.72. The van der Waals surface area contributed by atoms with Crippen LogP contribution in [-0.4, -0.2) is 10.9 Å². The zero-order chi connectivity index (χ0) is 10.8. The number of carbonyl (C=O) groups excluding carboxylic acids is 1. The minimum absolute atomic E-state index is 0.106. The van der Waals surface area contributed by atoms with E-state index in [4.69, 9.17) is 0 Å². The second-order valence-electron chi connectivity index (χ2n) is 5.16. The highest BCUT2D eigenvalue weighted by atomic mass is 16.3. The normalized spacial score (nSPS) is 20.1. The molecule has 0 aromatic rings. The number of rotatable bonds is 2. The van der Waals surface area contributed by atoms with E-state index in [0.717, 1.165) is 25.7 Å². The molecule has 0 aliphatic heterocycles. The summed E-state index contributed by atoms with van der Waals surface area (Å²) in [5.41, 5.74) is -0.311. The molecule has 0 spiro atoms. The molecule has 0 amide bonds. The lowest BCUT2D eigenvalue weighted by Crippen LogP contribution is -2.14. The number of carbonyl (C=O) groups is 1. The maximum Gasteiger partial charge on any atom is 0.162 e. The highest BCUT2D eigenvalue weighted by Gasteiger charge is 2.23. The Kier molecular flexibility index (Phi) is 3.35. The third kappa shape index (κ3) is 2.86. The number of allylic oxidation sites excluding steroid dienone is 2. The lowest BCUT2D eigenvalue weighted by Gasteiger charge is -2.17. The molecule has 0 unspecified atom stereocenters. The van der Waals surface area contributed by atoms with Crippen molar-refractivity contribution >= 4 is 5.78 Å². The summed E-state index contributed by atoms with van der Waals surface area (Å²) in [4.78, 5) is 11.7. The van der Waals surface area contributed by atoms with Crippen LogP contribution in [0.5, 0.6) is 0 Å². The van der Waals surface area contributed by atoms with Gasteiger partial charge in [0, 0.05) is 17.4 Å². The van der Waals surface area contributed by atoms with Gasteiger partial charge in [0.2, 0.25) is 0 Å². The quantitative estimate of drug-likeness (QED) is 0.544. The monoisotopic (exact) mass is 196 g/mol. The number of hydrogen-bond donors (Lipinski definition) is 1. The van der Waals surface area contributed by atoms with Crippen molar-refractivity contribution in [2.45, 2.75) is 46.5 Å². The summed E-state index contributed by atoms with van der Waals surface area (Å²) in [5, 5.41) is 9.66. The van der Waals surface area contributed by atoms with Crippen LogP contribution in [0.3, 0.4) is 0 Å². The van der Waals surface area contributed by atoms with Crippen molar-refractivity contribution in [3.05, 3.63) is 11.8 Å². The van der Waals surface area contributed by atoms with Crippen LogP contribution in [0, 0.1) is 11.3 Å². The number of hydrogen-bond acceptors (Lipinski definition) is 2. The Balaban J connectivity index is 2.62. The number of aliphatic hydroxyl groups is 1. The van der Waals surface area contributed by atoms with Gasteiger partial charge in [-0.25, -0.2) is 0 Å². The fraction of sp³-hybridized carbons (Fsp3) is 0.750. The summed E-state index contributed by atoms with van der Waals surface area (Å²) in [7, 11) is 0. The zero-order valence-electron chi connectivity index (χ0n) is 9.34. The molecule has 0 radical (unpaired) electrons. The van der Waals surface area contributed by atoms with E-state index in [2.05, 4.69) is 0 Å². The number of ketones is 1. The first-order valence-electron chi connectivity index (χ1n) is 5.36.